The second-order valence-electron chi connectivity index (χ2n) is 11.7. The van der Waals surface area contributed by atoms with E-state index >= 15 is 4.39 Å². The van der Waals surface area contributed by atoms with Gasteiger partial charge in [0, 0.05) is 28.3 Å². The van der Waals surface area contributed by atoms with Gasteiger partial charge in [0.1, 0.15) is 11.6 Å². The van der Waals surface area contributed by atoms with Crippen LogP contribution in [0.4, 0.5) is 23.2 Å². The lowest BCUT2D eigenvalue weighted by Gasteiger charge is -2.31. The number of benzene rings is 3. The normalized spacial score (nSPS) is 21.6. The number of alkyl halides is 3. The van der Waals surface area contributed by atoms with E-state index in [9.17, 15) is 37.2 Å². The van der Waals surface area contributed by atoms with Gasteiger partial charge in [-0.2, -0.15) is 13.2 Å². The second kappa shape index (κ2) is 13.1. The minimum absolute atomic E-state index is 0.0196. The quantitative estimate of drug-likeness (QED) is 0.206. The van der Waals surface area contributed by atoms with Crippen molar-refractivity contribution in [1.29, 1.82) is 0 Å². The maximum absolute atomic E-state index is 15.2. The fourth-order valence-electron chi connectivity index (χ4n) is 6.49. The topological polar surface area (TPSA) is 151 Å². The Morgan fingerprint density at radius 3 is 2.33 bits per heavy atom. The van der Waals surface area contributed by atoms with Crippen molar-refractivity contribution in [2.24, 2.45) is 23.5 Å². The summed E-state index contributed by atoms with van der Waals surface area (Å²) in [5.74, 6) is -2.57. The number of anilines is 1. The zero-order valence-electron chi connectivity index (χ0n) is 24.6. The predicted octanol–water partition coefficient (Wildman–Crippen LogP) is 4.05. The number of carbonyl (C=O) groups is 2. The molecule has 0 radical (unpaired) electrons. The van der Waals surface area contributed by atoms with Gasteiger partial charge in [0.15, 0.2) is 10.8 Å². The molecule has 2 bridgehead atoms. The Kier molecular flexibility index (Phi) is 9.55. The van der Waals surface area contributed by atoms with E-state index in [0.29, 0.717) is 17.5 Å². The molecule has 2 saturated carbocycles. The van der Waals surface area contributed by atoms with Gasteiger partial charge in [-0.1, -0.05) is 30.3 Å². The molecule has 6 N–H and O–H groups in total. The van der Waals surface area contributed by atoms with E-state index in [0.717, 1.165) is 31.0 Å². The summed E-state index contributed by atoms with van der Waals surface area (Å²) < 4.78 is 71.3. The fraction of sp³-hybridized carbons (Fsp3) is 0.375. The molecule has 5 rings (SSSR count). The van der Waals surface area contributed by atoms with Gasteiger partial charge in [0.25, 0.3) is 5.91 Å². The summed E-state index contributed by atoms with van der Waals surface area (Å²) >= 11 is 0. The molecule has 0 aromatic heterocycles. The van der Waals surface area contributed by atoms with Crippen LogP contribution in [0.1, 0.15) is 35.2 Å². The molecule has 2 aliphatic rings. The smallest absolute Gasteiger partial charge is 0.475 e. The maximum Gasteiger partial charge on any atom is 0.475 e. The molecule has 9 nitrogen and oxygen atoms in total. The lowest BCUT2D eigenvalue weighted by molar-refractivity contribution is -0.122. The first-order valence-electron chi connectivity index (χ1n) is 14.5. The molecular weight excluding hydrogens is 630 g/mol. The molecule has 46 heavy (non-hydrogen) atoms. The van der Waals surface area contributed by atoms with Crippen LogP contribution in [0.3, 0.4) is 0 Å². The number of nitrogens with one attached hydrogen (secondary N) is 2. The van der Waals surface area contributed by atoms with Crippen molar-refractivity contribution in [2.45, 2.75) is 41.2 Å². The van der Waals surface area contributed by atoms with Crippen molar-refractivity contribution in [3.8, 4) is 16.9 Å². The van der Waals surface area contributed by atoms with Crippen LogP contribution in [-0.4, -0.2) is 58.1 Å². The first kappa shape index (κ1) is 33.5. The van der Waals surface area contributed by atoms with Crippen molar-refractivity contribution in [3.05, 3.63) is 77.6 Å². The Labute approximate surface area is 264 Å². The molecule has 3 aromatic carbocycles. The number of aliphatic hydroxyl groups excluding tert-OH is 2. The number of amides is 2. The molecule has 0 spiro atoms. The minimum atomic E-state index is -4.95. The number of nitrogens with two attached hydrogens (primary N) is 1. The zero-order valence-corrected chi connectivity index (χ0v) is 25.5. The fourth-order valence-corrected chi connectivity index (χ4v) is 7.19. The van der Waals surface area contributed by atoms with Crippen LogP contribution in [0.15, 0.2) is 65.6 Å². The van der Waals surface area contributed by atoms with E-state index in [1.165, 1.54) is 25.3 Å². The second-order valence-corrected chi connectivity index (χ2v) is 13.1. The van der Waals surface area contributed by atoms with Crippen LogP contribution in [0.2, 0.25) is 0 Å². The summed E-state index contributed by atoms with van der Waals surface area (Å²) in [6.45, 7) is -1.03. The first-order valence-corrected chi connectivity index (χ1v) is 15.6. The molecular formula is C32H33F4N3O6S. The van der Waals surface area contributed by atoms with Crippen molar-refractivity contribution in [3.63, 3.8) is 0 Å². The van der Waals surface area contributed by atoms with Gasteiger partial charge in [0.2, 0.25) is 5.91 Å². The van der Waals surface area contributed by atoms with Gasteiger partial charge in [-0.05, 0) is 66.5 Å². The molecule has 5 unspecified atom stereocenters. The molecule has 0 heterocycles. The highest BCUT2D eigenvalue weighted by atomic mass is 32.2. The number of halogens is 4. The predicted molar refractivity (Wildman–Crippen MR) is 162 cm³/mol. The Balaban J connectivity index is 1.38. The van der Waals surface area contributed by atoms with Gasteiger partial charge < -0.3 is 31.3 Å². The summed E-state index contributed by atoms with van der Waals surface area (Å²) in [4.78, 5) is 26.7. The summed E-state index contributed by atoms with van der Waals surface area (Å²) in [6, 6.07) is 12.7. The molecule has 246 valence electrons. The average Bonchev–Trinajstić information content (AvgIpc) is 3.65. The third-order valence-corrected chi connectivity index (χ3v) is 10.0. The number of fused-ring (bicyclic) bond motifs is 2. The van der Waals surface area contributed by atoms with Crippen LogP contribution in [0, 0.1) is 23.6 Å². The molecule has 5 atom stereocenters. The highest BCUT2D eigenvalue weighted by Gasteiger charge is 2.51. The number of hydrogen-bond donors (Lipinski definition) is 5. The number of ether oxygens (including phenoxy) is 1. The summed E-state index contributed by atoms with van der Waals surface area (Å²) in [6.07, 6.45) is 2.18. The molecule has 14 heteroatoms. The van der Waals surface area contributed by atoms with E-state index in [-0.39, 0.29) is 34.4 Å². The Bertz CT molecular complexity index is 1650. The summed E-state index contributed by atoms with van der Waals surface area (Å²) in [5.41, 5.74) is 0.639. The van der Waals surface area contributed by atoms with Crippen LogP contribution in [-0.2, 0) is 21.1 Å². The number of methoxy groups -OCH3 is 1. The van der Waals surface area contributed by atoms with Crippen molar-refractivity contribution >= 4 is 28.3 Å². The van der Waals surface area contributed by atoms with E-state index < -0.39 is 69.5 Å². The van der Waals surface area contributed by atoms with Gasteiger partial charge in [0.05, 0.1) is 37.3 Å². The molecule has 2 fully saturated rings. The summed E-state index contributed by atoms with van der Waals surface area (Å²) in [5, 5.41) is 24.7. The Morgan fingerprint density at radius 1 is 1.02 bits per heavy atom. The molecule has 0 saturated heterocycles. The standard InChI is InChI=1S/C32H33F4N3O6S/c1-45-26-14-25(33)23(17-7-9-20(10-8-17)31(37,15-40)16-41)13-24(26)29(42)39-28-19-6-5-18(11-19)27(28)30(43)38-21-3-2-4-22(12-21)46(44)32(34,35)36/h2-4,7-10,12-14,18-19,27-28,40-41H,5-6,11,15-16,37H2,1H3,(H,38,43)(H,39,42). The Hall–Kier alpha value is -3.85. The third-order valence-electron chi connectivity index (χ3n) is 8.91. The number of hydrogen-bond acceptors (Lipinski definition) is 7. The summed E-state index contributed by atoms with van der Waals surface area (Å²) in [7, 11) is -1.98. The highest BCUT2D eigenvalue weighted by Crippen LogP contribution is 2.49. The van der Waals surface area contributed by atoms with Gasteiger partial charge in [-0.25, -0.2) is 8.60 Å². The van der Waals surface area contributed by atoms with Crippen LogP contribution in [0.25, 0.3) is 11.1 Å². The van der Waals surface area contributed by atoms with Crippen molar-refractivity contribution in [2.75, 3.05) is 25.6 Å². The minimum Gasteiger partial charge on any atom is -0.496 e. The van der Waals surface area contributed by atoms with E-state index in [1.54, 1.807) is 24.3 Å². The first-order chi connectivity index (χ1) is 21.8. The number of rotatable bonds is 10. The van der Waals surface area contributed by atoms with Crippen molar-refractivity contribution in [1.82, 2.24) is 5.32 Å². The molecule has 2 aliphatic carbocycles. The number of aliphatic hydroxyl groups is 2. The Morgan fingerprint density at radius 2 is 1.70 bits per heavy atom. The molecule has 2 amide bonds. The van der Waals surface area contributed by atoms with E-state index in [4.69, 9.17) is 10.5 Å². The molecule has 0 aliphatic heterocycles. The maximum atomic E-state index is 15.2. The third kappa shape index (κ3) is 6.52. The van der Waals surface area contributed by atoms with Gasteiger partial charge in [-0.15, -0.1) is 0 Å². The highest BCUT2D eigenvalue weighted by molar-refractivity contribution is 7.86. The van der Waals surface area contributed by atoms with E-state index in [2.05, 4.69) is 10.6 Å². The zero-order chi connectivity index (χ0) is 33.4. The number of carbonyl (C=O) groups excluding carboxylic acids is 2. The lowest BCUT2D eigenvalue weighted by Crippen LogP contribution is -2.48. The van der Waals surface area contributed by atoms with E-state index in [1.807, 2.05) is 0 Å². The largest absolute Gasteiger partial charge is 0.496 e. The average molecular weight is 664 g/mol. The molecule has 3 aromatic rings. The SMILES string of the molecule is COc1cc(F)c(-c2ccc(C(N)(CO)CO)cc2)cc1C(=O)NC1C2CCC(C2)C1C(=O)Nc1cccc(S(=O)C(F)(F)F)c1. The van der Waals surface area contributed by atoms with Crippen molar-refractivity contribution < 1.29 is 46.3 Å². The van der Waals surface area contributed by atoms with Crippen LogP contribution in [0.5, 0.6) is 5.75 Å². The van der Waals surface area contributed by atoms with Gasteiger partial charge in [-0.3, -0.25) is 9.59 Å². The van der Waals surface area contributed by atoms with Crippen LogP contribution >= 0.6 is 0 Å². The van der Waals surface area contributed by atoms with Crippen LogP contribution < -0.4 is 21.1 Å². The van der Waals surface area contributed by atoms with Gasteiger partial charge >= 0.3 is 5.51 Å². The monoisotopic (exact) mass is 663 g/mol. The lowest BCUT2D eigenvalue weighted by atomic mass is 9.83.